The van der Waals surface area contributed by atoms with E-state index in [2.05, 4.69) is 5.32 Å². The van der Waals surface area contributed by atoms with Gasteiger partial charge in [-0.3, -0.25) is 9.69 Å². The summed E-state index contributed by atoms with van der Waals surface area (Å²) in [7, 11) is 0. The van der Waals surface area contributed by atoms with E-state index in [1.54, 1.807) is 13.8 Å². The molecule has 1 N–H and O–H groups in total. The van der Waals surface area contributed by atoms with Crippen LogP contribution in [0.15, 0.2) is 0 Å². The van der Waals surface area contributed by atoms with Crippen molar-refractivity contribution in [1.82, 2.24) is 15.1 Å². The average molecular weight is 267 g/mol. The third kappa shape index (κ3) is 2.47. The first-order valence-corrected chi connectivity index (χ1v) is 5.59. The highest BCUT2D eigenvalue weighted by Crippen LogP contribution is 2.34. The number of carbonyl (C=O) groups is 1. The molecular formula is C11H20F3N3O. The number of alkyl halides is 3. The van der Waals surface area contributed by atoms with Crippen molar-refractivity contribution in [2.75, 3.05) is 26.2 Å². The van der Waals surface area contributed by atoms with Gasteiger partial charge in [0.1, 0.15) is 12.6 Å². The Kier molecular flexibility index (Phi) is 3.97. The molecule has 0 bridgehead atoms. The zero-order chi connectivity index (χ0) is 12.8. The second-order valence-electron chi connectivity index (χ2n) is 4.95. The summed E-state index contributed by atoms with van der Waals surface area (Å²) >= 11 is 0. The second-order valence-corrected chi connectivity index (χ2v) is 4.95. The van der Waals surface area contributed by atoms with E-state index in [0.717, 1.165) is 4.90 Å². The Labute approximate surface area is 105 Å². The molecule has 2 saturated heterocycles. The van der Waals surface area contributed by atoms with Gasteiger partial charge in [-0.2, -0.15) is 13.2 Å². The van der Waals surface area contributed by atoms with E-state index in [1.807, 2.05) is 4.90 Å². The largest absolute Gasteiger partial charge is 0.406 e. The zero-order valence-corrected chi connectivity index (χ0v) is 9.84. The number of hydrogen-bond donors (Lipinski definition) is 1. The van der Waals surface area contributed by atoms with Crippen molar-refractivity contribution < 1.29 is 18.0 Å². The van der Waals surface area contributed by atoms with Crippen LogP contribution < -0.4 is 5.32 Å². The lowest BCUT2D eigenvalue weighted by Crippen LogP contribution is -2.57. The van der Waals surface area contributed by atoms with Gasteiger partial charge in [0.05, 0.1) is 5.66 Å². The highest BCUT2D eigenvalue weighted by atomic mass is 19.4. The first-order valence-electron chi connectivity index (χ1n) is 5.59. The maximum atomic E-state index is 12.5. The van der Waals surface area contributed by atoms with Gasteiger partial charge in [-0.25, -0.2) is 0 Å². The molecule has 2 aliphatic heterocycles. The van der Waals surface area contributed by atoms with Crippen molar-refractivity contribution in [2.24, 2.45) is 0 Å². The normalized spacial score (nSPS) is 27.9. The third-order valence-electron chi connectivity index (χ3n) is 3.50. The predicted molar refractivity (Wildman–Crippen MR) is 61.9 cm³/mol. The van der Waals surface area contributed by atoms with Gasteiger partial charge in [-0.1, -0.05) is 7.43 Å². The molecule has 0 unspecified atom stereocenters. The topological polar surface area (TPSA) is 35.6 Å². The fourth-order valence-electron chi connectivity index (χ4n) is 2.64. The van der Waals surface area contributed by atoms with E-state index in [1.165, 1.54) is 0 Å². The molecule has 0 aromatic rings. The molecule has 0 saturated carbocycles. The average Bonchev–Trinajstić information content (AvgIpc) is 2.39. The number of hydrogen-bond acceptors (Lipinski definition) is 3. The molecule has 2 aliphatic rings. The van der Waals surface area contributed by atoms with Gasteiger partial charge < -0.3 is 10.2 Å². The van der Waals surface area contributed by atoms with Gasteiger partial charge >= 0.3 is 6.18 Å². The summed E-state index contributed by atoms with van der Waals surface area (Å²) < 4.78 is 37.4. The standard InChI is InChI=1S/C10H16F3N3O.CH4/c1-9(2)15-4-3-14-5-7(15)8(17)16(9)6-10(11,12)13;/h7,14H,3-6H2,1-2H3;1H4/t7-;/m0./s1. The summed E-state index contributed by atoms with van der Waals surface area (Å²) in [6, 6.07) is -0.457. The van der Waals surface area contributed by atoms with E-state index >= 15 is 0 Å². The Morgan fingerprint density at radius 2 is 2.06 bits per heavy atom. The number of fused-ring (bicyclic) bond motifs is 1. The second kappa shape index (κ2) is 4.70. The van der Waals surface area contributed by atoms with E-state index < -0.39 is 30.3 Å². The Hall–Kier alpha value is -0.820. The molecule has 2 rings (SSSR count). The molecule has 2 fully saturated rings. The summed E-state index contributed by atoms with van der Waals surface area (Å²) in [5.74, 6) is -0.431. The summed E-state index contributed by atoms with van der Waals surface area (Å²) in [4.78, 5) is 14.8. The Morgan fingerprint density at radius 3 is 2.56 bits per heavy atom. The molecule has 0 radical (unpaired) electrons. The van der Waals surface area contributed by atoms with Crippen LogP contribution >= 0.6 is 0 Å². The molecule has 0 spiro atoms. The van der Waals surface area contributed by atoms with Crippen molar-refractivity contribution in [3.63, 3.8) is 0 Å². The maximum Gasteiger partial charge on any atom is 0.406 e. The maximum absolute atomic E-state index is 12.5. The molecule has 0 aromatic carbocycles. The van der Waals surface area contributed by atoms with Crippen molar-refractivity contribution in [3.8, 4) is 0 Å². The lowest BCUT2D eigenvalue weighted by molar-refractivity contribution is -0.168. The molecule has 2 heterocycles. The van der Waals surface area contributed by atoms with Crippen LogP contribution in [0.25, 0.3) is 0 Å². The number of nitrogens with one attached hydrogen (secondary N) is 1. The van der Waals surface area contributed by atoms with Crippen LogP contribution in [0, 0.1) is 0 Å². The number of piperazine rings is 1. The third-order valence-corrected chi connectivity index (χ3v) is 3.50. The van der Waals surface area contributed by atoms with Gasteiger partial charge in [0.15, 0.2) is 0 Å². The van der Waals surface area contributed by atoms with Gasteiger partial charge in [0.2, 0.25) is 5.91 Å². The highest BCUT2D eigenvalue weighted by molar-refractivity contribution is 5.85. The van der Waals surface area contributed by atoms with Gasteiger partial charge in [0.25, 0.3) is 0 Å². The van der Waals surface area contributed by atoms with Crippen molar-refractivity contribution in [2.45, 2.75) is 39.2 Å². The smallest absolute Gasteiger partial charge is 0.314 e. The molecule has 0 aliphatic carbocycles. The van der Waals surface area contributed by atoms with E-state index in [9.17, 15) is 18.0 Å². The minimum Gasteiger partial charge on any atom is -0.314 e. The van der Waals surface area contributed by atoms with E-state index in [0.29, 0.717) is 19.6 Å². The number of rotatable bonds is 1. The number of halogens is 3. The molecule has 0 aromatic heterocycles. The Balaban J connectivity index is 0.00000162. The van der Waals surface area contributed by atoms with Crippen LogP contribution in [0.3, 0.4) is 0 Å². The number of amides is 1. The summed E-state index contributed by atoms with van der Waals surface area (Å²) in [5, 5.41) is 3.04. The van der Waals surface area contributed by atoms with Crippen LogP contribution in [-0.4, -0.2) is 59.8 Å². The summed E-state index contributed by atoms with van der Waals surface area (Å²) in [6.07, 6.45) is -4.35. The zero-order valence-electron chi connectivity index (χ0n) is 9.84. The number of carbonyl (C=O) groups excluding carboxylic acids is 1. The number of nitrogens with zero attached hydrogens (tertiary/aromatic N) is 2. The van der Waals surface area contributed by atoms with Crippen LogP contribution in [0.1, 0.15) is 21.3 Å². The van der Waals surface area contributed by atoms with Crippen molar-refractivity contribution >= 4 is 5.91 Å². The molecule has 18 heavy (non-hydrogen) atoms. The van der Waals surface area contributed by atoms with Gasteiger partial charge in [-0.15, -0.1) is 0 Å². The molecule has 7 heteroatoms. The van der Waals surface area contributed by atoms with Crippen LogP contribution in [0.5, 0.6) is 0 Å². The highest BCUT2D eigenvalue weighted by Gasteiger charge is 2.54. The van der Waals surface area contributed by atoms with Gasteiger partial charge in [-0.05, 0) is 13.8 Å². The van der Waals surface area contributed by atoms with Gasteiger partial charge in [0, 0.05) is 19.6 Å². The van der Waals surface area contributed by atoms with Crippen molar-refractivity contribution in [1.29, 1.82) is 0 Å². The Bertz CT molecular complexity index is 330. The van der Waals surface area contributed by atoms with Crippen LogP contribution in [-0.2, 0) is 4.79 Å². The van der Waals surface area contributed by atoms with E-state index in [-0.39, 0.29) is 7.43 Å². The Morgan fingerprint density at radius 1 is 1.44 bits per heavy atom. The molecule has 106 valence electrons. The lowest BCUT2D eigenvalue weighted by atomic mass is 10.1. The molecule has 1 atom stereocenters. The van der Waals surface area contributed by atoms with Crippen LogP contribution in [0.2, 0.25) is 0 Å². The lowest BCUT2D eigenvalue weighted by Gasteiger charge is -2.40. The monoisotopic (exact) mass is 267 g/mol. The van der Waals surface area contributed by atoms with Crippen molar-refractivity contribution in [3.05, 3.63) is 0 Å². The van der Waals surface area contributed by atoms with E-state index in [4.69, 9.17) is 0 Å². The molecule has 1 amide bonds. The fraction of sp³-hybridized carbons (Fsp3) is 0.909. The first-order chi connectivity index (χ1) is 7.73. The fourth-order valence-corrected chi connectivity index (χ4v) is 2.64. The minimum atomic E-state index is -4.35. The van der Waals surface area contributed by atoms with Crippen LogP contribution in [0.4, 0.5) is 13.2 Å². The SMILES string of the molecule is C.CC1(C)N(CC(F)(F)F)C(=O)[C@@H]2CNCCN21. The molecular weight excluding hydrogens is 247 g/mol. The minimum absolute atomic E-state index is 0. The first kappa shape index (κ1) is 15.2. The summed E-state index contributed by atoms with van der Waals surface area (Å²) in [6.45, 7) is 3.89. The quantitative estimate of drug-likeness (QED) is 0.771. The predicted octanol–water partition coefficient (Wildman–Crippen LogP) is 1.04. The summed E-state index contributed by atoms with van der Waals surface area (Å²) in [5.41, 5.74) is -0.862. The molecule has 4 nitrogen and oxygen atoms in total.